The average Bonchev–Trinajstić information content (AvgIpc) is 2.67. The Balaban J connectivity index is 1.79. The number of rotatable bonds is 8. The van der Waals surface area contributed by atoms with E-state index in [2.05, 4.69) is 27.4 Å². The van der Waals surface area contributed by atoms with E-state index in [4.69, 9.17) is 4.74 Å². The fourth-order valence-corrected chi connectivity index (χ4v) is 5.44. The molecule has 2 rings (SSSR count). The van der Waals surface area contributed by atoms with E-state index in [1.165, 1.54) is 0 Å². The van der Waals surface area contributed by atoms with Crippen molar-refractivity contribution >= 4 is 27.7 Å². The summed E-state index contributed by atoms with van der Waals surface area (Å²) in [7, 11) is -3.19. The van der Waals surface area contributed by atoms with Crippen LogP contribution < -0.4 is 10.6 Å². The van der Waals surface area contributed by atoms with Crippen molar-refractivity contribution in [2.75, 3.05) is 76.3 Å². The summed E-state index contributed by atoms with van der Waals surface area (Å²) in [5.74, 6) is 2.55. The van der Waals surface area contributed by atoms with Gasteiger partial charge in [0.1, 0.15) is 0 Å². The molecule has 152 valence electrons. The average molecular weight is 408 g/mol. The van der Waals surface area contributed by atoms with Crippen molar-refractivity contribution in [3.8, 4) is 0 Å². The van der Waals surface area contributed by atoms with Crippen LogP contribution >= 0.6 is 11.8 Å². The summed E-state index contributed by atoms with van der Waals surface area (Å²) in [6, 6.07) is 0.337. The van der Waals surface area contributed by atoms with Gasteiger partial charge in [-0.15, -0.1) is 0 Å². The van der Waals surface area contributed by atoms with Gasteiger partial charge in [-0.2, -0.15) is 11.8 Å². The molecular formula is C16H33N5O3S2. The zero-order chi connectivity index (χ0) is 18.8. The topological polar surface area (TPSA) is 86.3 Å². The van der Waals surface area contributed by atoms with Gasteiger partial charge in [-0.05, 0) is 13.8 Å². The zero-order valence-corrected chi connectivity index (χ0v) is 17.6. The Hall–Kier alpha value is -0.550. The van der Waals surface area contributed by atoms with Crippen molar-refractivity contribution < 1.29 is 13.2 Å². The van der Waals surface area contributed by atoms with Gasteiger partial charge in [-0.1, -0.05) is 0 Å². The smallest absolute Gasteiger partial charge is 0.215 e. The molecule has 2 aliphatic rings. The minimum absolute atomic E-state index is 0.0983. The molecule has 2 fully saturated rings. The molecule has 8 nitrogen and oxygen atoms in total. The Morgan fingerprint density at radius 1 is 1.19 bits per heavy atom. The third-order valence-electron chi connectivity index (χ3n) is 4.54. The van der Waals surface area contributed by atoms with Gasteiger partial charge < -0.3 is 15.4 Å². The highest BCUT2D eigenvalue weighted by Crippen LogP contribution is 2.13. The summed E-state index contributed by atoms with van der Waals surface area (Å²) in [4.78, 5) is 6.99. The van der Waals surface area contributed by atoms with Crippen LogP contribution in [0, 0.1) is 0 Å². The Morgan fingerprint density at radius 2 is 1.88 bits per heavy atom. The lowest BCUT2D eigenvalue weighted by atomic mass is 10.2. The lowest BCUT2D eigenvalue weighted by molar-refractivity contribution is 0.0220. The van der Waals surface area contributed by atoms with Crippen LogP contribution in [0.3, 0.4) is 0 Å². The van der Waals surface area contributed by atoms with E-state index in [1.807, 2.05) is 18.7 Å². The van der Waals surface area contributed by atoms with Gasteiger partial charge in [0.05, 0.1) is 25.5 Å². The molecule has 2 N–H and O–H groups in total. The summed E-state index contributed by atoms with van der Waals surface area (Å²) >= 11 is 1.81. The molecule has 26 heavy (non-hydrogen) atoms. The van der Waals surface area contributed by atoms with Crippen LogP contribution in [0.1, 0.15) is 13.8 Å². The Morgan fingerprint density at radius 3 is 2.54 bits per heavy atom. The second kappa shape index (κ2) is 11.3. The Bertz CT molecular complexity index is 532. The molecule has 0 saturated carbocycles. The molecule has 0 bridgehead atoms. The molecule has 0 aromatic carbocycles. The van der Waals surface area contributed by atoms with Gasteiger partial charge in [0.25, 0.3) is 0 Å². The number of nitrogens with zero attached hydrogens (tertiary/aromatic N) is 3. The van der Waals surface area contributed by atoms with Crippen LogP contribution in [0.4, 0.5) is 0 Å². The number of guanidine groups is 1. The highest BCUT2D eigenvalue weighted by Gasteiger charge is 2.23. The fourth-order valence-electron chi connectivity index (χ4n) is 2.95. The monoisotopic (exact) mass is 407 g/mol. The number of thioether (sulfide) groups is 1. The van der Waals surface area contributed by atoms with Crippen molar-refractivity contribution in [2.45, 2.75) is 19.9 Å². The van der Waals surface area contributed by atoms with Crippen molar-refractivity contribution in [1.29, 1.82) is 0 Å². The van der Waals surface area contributed by atoms with E-state index in [0.29, 0.717) is 38.2 Å². The van der Waals surface area contributed by atoms with Crippen LogP contribution in [-0.4, -0.2) is 106 Å². The number of sulfonamides is 1. The fraction of sp³-hybridized carbons (Fsp3) is 0.938. The summed E-state index contributed by atoms with van der Waals surface area (Å²) in [5, 5.41) is 6.35. The lowest BCUT2D eigenvalue weighted by Crippen LogP contribution is -2.46. The number of ether oxygens (including phenoxy) is 1. The third-order valence-corrected chi connectivity index (χ3v) is 7.36. The predicted molar refractivity (Wildman–Crippen MR) is 109 cm³/mol. The molecule has 0 aromatic heterocycles. The number of aliphatic imine (C=N–C) groups is 1. The second-order valence-corrected chi connectivity index (χ2v) is 9.78. The molecule has 1 atom stereocenters. The van der Waals surface area contributed by atoms with Gasteiger partial charge in [0.15, 0.2) is 5.96 Å². The first kappa shape index (κ1) is 21.7. The quantitative estimate of drug-likeness (QED) is 0.420. The minimum Gasteiger partial charge on any atom is -0.379 e. The van der Waals surface area contributed by atoms with Gasteiger partial charge in [-0.25, -0.2) is 12.7 Å². The van der Waals surface area contributed by atoms with Crippen LogP contribution in [0.2, 0.25) is 0 Å². The highest BCUT2D eigenvalue weighted by molar-refractivity contribution is 7.99. The molecule has 0 aliphatic carbocycles. The summed E-state index contributed by atoms with van der Waals surface area (Å²) in [6.07, 6.45) is 0. The van der Waals surface area contributed by atoms with Crippen LogP contribution in [0.5, 0.6) is 0 Å². The molecule has 0 aromatic rings. The first-order valence-electron chi connectivity index (χ1n) is 9.42. The molecule has 0 amide bonds. The lowest BCUT2D eigenvalue weighted by Gasteiger charge is -2.31. The van der Waals surface area contributed by atoms with E-state index in [9.17, 15) is 8.42 Å². The van der Waals surface area contributed by atoms with Crippen LogP contribution in [-0.2, 0) is 14.8 Å². The van der Waals surface area contributed by atoms with Crippen LogP contribution in [0.25, 0.3) is 0 Å². The number of hydrogen-bond acceptors (Lipinski definition) is 6. The van der Waals surface area contributed by atoms with Crippen molar-refractivity contribution in [2.24, 2.45) is 4.99 Å². The molecule has 0 spiro atoms. The largest absolute Gasteiger partial charge is 0.379 e. The van der Waals surface area contributed by atoms with E-state index in [-0.39, 0.29) is 5.75 Å². The van der Waals surface area contributed by atoms with Crippen molar-refractivity contribution in [3.63, 3.8) is 0 Å². The molecule has 2 saturated heterocycles. The molecule has 2 aliphatic heterocycles. The standard InChI is InChI=1S/C16H33N5O3S2/c1-3-17-16(19-14-15(2)20-5-9-24-10-6-20)18-4-13-26(22,23)21-7-11-25-12-8-21/h15H,3-14H2,1-2H3,(H2,17,18,19). The number of hydrogen-bond donors (Lipinski definition) is 2. The molecule has 10 heteroatoms. The normalized spacial score (nSPS) is 22.2. The Kier molecular flexibility index (Phi) is 9.48. The van der Waals surface area contributed by atoms with E-state index in [0.717, 1.165) is 44.4 Å². The van der Waals surface area contributed by atoms with E-state index >= 15 is 0 Å². The van der Waals surface area contributed by atoms with Gasteiger partial charge >= 0.3 is 0 Å². The Labute approximate surface area is 162 Å². The summed E-state index contributed by atoms with van der Waals surface area (Å²) in [5.41, 5.74) is 0. The van der Waals surface area contributed by atoms with E-state index in [1.54, 1.807) is 4.31 Å². The van der Waals surface area contributed by atoms with Gasteiger partial charge in [0.2, 0.25) is 10.0 Å². The summed E-state index contributed by atoms with van der Waals surface area (Å²) in [6.45, 7) is 10.6. The molecule has 1 unspecified atom stereocenters. The molecule has 2 heterocycles. The molecular weight excluding hydrogens is 374 g/mol. The minimum atomic E-state index is -3.19. The third kappa shape index (κ3) is 7.22. The van der Waals surface area contributed by atoms with Crippen LogP contribution in [0.15, 0.2) is 4.99 Å². The number of nitrogens with one attached hydrogen (secondary N) is 2. The first-order chi connectivity index (χ1) is 12.5. The van der Waals surface area contributed by atoms with Gasteiger partial charge in [0, 0.05) is 56.8 Å². The number of morpholine rings is 1. The van der Waals surface area contributed by atoms with E-state index < -0.39 is 10.0 Å². The summed E-state index contributed by atoms with van der Waals surface area (Å²) < 4.78 is 31.8. The van der Waals surface area contributed by atoms with Crippen molar-refractivity contribution in [3.05, 3.63) is 0 Å². The first-order valence-corrected chi connectivity index (χ1v) is 12.2. The predicted octanol–water partition coefficient (Wildman–Crippen LogP) is -0.359. The van der Waals surface area contributed by atoms with Crippen molar-refractivity contribution in [1.82, 2.24) is 19.8 Å². The molecule has 0 radical (unpaired) electrons. The maximum atomic E-state index is 12.4. The second-order valence-electron chi connectivity index (χ2n) is 6.47. The zero-order valence-electron chi connectivity index (χ0n) is 15.9. The maximum Gasteiger partial charge on any atom is 0.215 e. The van der Waals surface area contributed by atoms with Gasteiger partial charge in [-0.3, -0.25) is 9.89 Å². The maximum absolute atomic E-state index is 12.4. The SMILES string of the molecule is CCNC(=NCC(C)N1CCOCC1)NCCS(=O)(=O)N1CCSCC1. The highest BCUT2D eigenvalue weighted by atomic mass is 32.2.